The van der Waals surface area contributed by atoms with Crippen molar-refractivity contribution in [1.29, 1.82) is 0 Å². The SMILES string of the molecule is CC(C)(C)c1cccc(OCCNC(=O)N2CCN(c3ccccn3)CC2)c1. The second-order valence-electron chi connectivity index (χ2n) is 8.02. The highest BCUT2D eigenvalue weighted by Crippen LogP contribution is 2.25. The lowest BCUT2D eigenvalue weighted by molar-refractivity contribution is 0.191. The Balaban J connectivity index is 1.38. The number of amides is 2. The summed E-state index contributed by atoms with van der Waals surface area (Å²) in [5, 5.41) is 2.95. The molecule has 0 spiro atoms. The average molecular weight is 383 g/mol. The second-order valence-corrected chi connectivity index (χ2v) is 8.02. The van der Waals surface area contributed by atoms with Gasteiger partial charge in [-0.05, 0) is 35.2 Å². The zero-order chi connectivity index (χ0) is 20.0. The fourth-order valence-corrected chi connectivity index (χ4v) is 3.17. The molecule has 28 heavy (non-hydrogen) atoms. The first-order valence-electron chi connectivity index (χ1n) is 9.85. The standard InChI is InChI=1S/C22H30N4O2/c1-22(2,3)18-7-6-8-19(17-18)28-16-11-24-21(27)26-14-12-25(13-15-26)20-9-4-5-10-23-20/h4-10,17H,11-16H2,1-3H3,(H,24,27). The van der Waals surface area contributed by atoms with Crippen LogP contribution >= 0.6 is 0 Å². The van der Waals surface area contributed by atoms with Crippen molar-refractivity contribution in [2.45, 2.75) is 26.2 Å². The first kappa shape index (κ1) is 20.0. The summed E-state index contributed by atoms with van der Waals surface area (Å²) in [7, 11) is 0. The number of hydrogen-bond donors (Lipinski definition) is 1. The number of carbonyl (C=O) groups excluding carboxylic acids is 1. The Morgan fingerprint density at radius 1 is 1.11 bits per heavy atom. The van der Waals surface area contributed by atoms with E-state index in [1.54, 1.807) is 6.20 Å². The van der Waals surface area contributed by atoms with Crippen LogP contribution < -0.4 is 15.0 Å². The van der Waals surface area contributed by atoms with E-state index < -0.39 is 0 Å². The van der Waals surface area contributed by atoms with Gasteiger partial charge in [0.1, 0.15) is 18.2 Å². The third-order valence-electron chi connectivity index (χ3n) is 4.89. The number of nitrogens with one attached hydrogen (secondary N) is 1. The zero-order valence-corrected chi connectivity index (χ0v) is 17.0. The number of anilines is 1. The van der Waals surface area contributed by atoms with Crippen LogP contribution in [-0.4, -0.2) is 55.2 Å². The Morgan fingerprint density at radius 3 is 2.57 bits per heavy atom. The molecule has 2 amide bonds. The highest BCUT2D eigenvalue weighted by Gasteiger charge is 2.21. The number of benzene rings is 1. The van der Waals surface area contributed by atoms with E-state index in [1.807, 2.05) is 35.2 Å². The quantitative estimate of drug-likeness (QED) is 0.806. The Kier molecular flexibility index (Phi) is 6.39. The van der Waals surface area contributed by atoms with Crippen molar-refractivity contribution in [3.8, 4) is 5.75 Å². The Bertz CT molecular complexity index is 766. The van der Waals surface area contributed by atoms with E-state index in [2.05, 4.69) is 48.1 Å². The van der Waals surface area contributed by atoms with Crippen LogP contribution in [0.1, 0.15) is 26.3 Å². The van der Waals surface area contributed by atoms with Gasteiger partial charge in [-0.1, -0.05) is 39.0 Å². The largest absolute Gasteiger partial charge is 0.492 e. The summed E-state index contributed by atoms with van der Waals surface area (Å²) < 4.78 is 5.80. The molecule has 1 saturated heterocycles. The maximum absolute atomic E-state index is 12.4. The molecule has 2 heterocycles. The predicted molar refractivity (Wildman–Crippen MR) is 112 cm³/mol. The van der Waals surface area contributed by atoms with Crippen LogP contribution in [0, 0.1) is 0 Å². The van der Waals surface area contributed by atoms with Crippen LogP contribution in [0.5, 0.6) is 5.75 Å². The minimum Gasteiger partial charge on any atom is -0.492 e. The third-order valence-corrected chi connectivity index (χ3v) is 4.89. The monoisotopic (exact) mass is 382 g/mol. The summed E-state index contributed by atoms with van der Waals surface area (Å²) in [5.74, 6) is 1.80. The van der Waals surface area contributed by atoms with Gasteiger partial charge in [0, 0.05) is 32.4 Å². The molecule has 3 rings (SSSR count). The molecular formula is C22H30N4O2. The van der Waals surface area contributed by atoms with E-state index in [9.17, 15) is 4.79 Å². The summed E-state index contributed by atoms with van der Waals surface area (Å²) in [4.78, 5) is 20.8. The second kappa shape index (κ2) is 8.95. The predicted octanol–water partition coefficient (Wildman–Crippen LogP) is 3.29. The van der Waals surface area contributed by atoms with Gasteiger partial charge < -0.3 is 19.9 Å². The number of piperazine rings is 1. The molecule has 150 valence electrons. The van der Waals surface area contributed by atoms with E-state index in [1.165, 1.54) is 5.56 Å². The van der Waals surface area contributed by atoms with Gasteiger partial charge in [-0.3, -0.25) is 0 Å². The van der Waals surface area contributed by atoms with Crippen molar-refractivity contribution in [3.63, 3.8) is 0 Å². The lowest BCUT2D eigenvalue weighted by Crippen LogP contribution is -2.52. The molecule has 1 aliphatic heterocycles. The molecule has 1 fully saturated rings. The molecule has 1 aliphatic rings. The molecule has 0 aliphatic carbocycles. The van der Waals surface area contributed by atoms with Crippen LogP contribution in [0.25, 0.3) is 0 Å². The smallest absolute Gasteiger partial charge is 0.317 e. The fourth-order valence-electron chi connectivity index (χ4n) is 3.17. The first-order chi connectivity index (χ1) is 13.4. The van der Waals surface area contributed by atoms with E-state index in [0.717, 1.165) is 24.7 Å². The maximum atomic E-state index is 12.4. The number of carbonyl (C=O) groups is 1. The van der Waals surface area contributed by atoms with Crippen LogP contribution in [0.15, 0.2) is 48.7 Å². The van der Waals surface area contributed by atoms with Gasteiger partial charge in [0.15, 0.2) is 0 Å². The van der Waals surface area contributed by atoms with Gasteiger partial charge in [0.05, 0.1) is 6.54 Å². The van der Waals surface area contributed by atoms with E-state index in [0.29, 0.717) is 26.2 Å². The highest BCUT2D eigenvalue weighted by atomic mass is 16.5. The average Bonchev–Trinajstić information content (AvgIpc) is 2.71. The molecule has 6 heteroatoms. The van der Waals surface area contributed by atoms with Gasteiger partial charge in [-0.25, -0.2) is 9.78 Å². The van der Waals surface area contributed by atoms with Crippen molar-refractivity contribution < 1.29 is 9.53 Å². The maximum Gasteiger partial charge on any atom is 0.317 e. The Hall–Kier alpha value is -2.76. The van der Waals surface area contributed by atoms with Crippen LogP contribution in [0.3, 0.4) is 0 Å². The molecule has 0 unspecified atom stereocenters. The summed E-state index contributed by atoms with van der Waals surface area (Å²) >= 11 is 0. The molecular weight excluding hydrogens is 352 g/mol. The molecule has 6 nitrogen and oxygen atoms in total. The number of pyridine rings is 1. The minimum atomic E-state index is -0.0345. The molecule has 0 bridgehead atoms. The van der Waals surface area contributed by atoms with Crippen molar-refractivity contribution in [2.75, 3.05) is 44.2 Å². The fraction of sp³-hybridized carbons (Fsp3) is 0.455. The number of rotatable bonds is 5. The summed E-state index contributed by atoms with van der Waals surface area (Å²) in [5.41, 5.74) is 1.32. The summed E-state index contributed by atoms with van der Waals surface area (Å²) in [6.45, 7) is 10.4. The summed E-state index contributed by atoms with van der Waals surface area (Å²) in [6.07, 6.45) is 1.80. The van der Waals surface area contributed by atoms with E-state index >= 15 is 0 Å². The Morgan fingerprint density at radius 2 is 1.89 bits per heavy atom. The number of aromatic nitrogens is 1. The van der Waals surface area contributed by atoms with Crippen LogP contribution in [-0.2, 0) is 5.41 Å². The molecule has 2 aromatic rings. The van der Waals surface area contributed by atoms with Gasteiger partial charge in [-0.2, -0.15) is 0 Å². The lowest BCUT2D eigenvalue weighted by Gasteiger charge is -2.35. The summed E-state index contributed by atoms with van der Waals surface area (Å²) in [6, 6.07) is 14.0. The number of ether oxygens (including phenoxy) is 1. The molecule has 1 aromatic heterocycles. The highest BCUT2D eigenvalue weighted by molar-refractivity contribution is 5.74. The molecule has 0 saturated carbocycles. The topological polar surface area (TPSA) is 57.7 Å². The normalized spacial score (nSPS) is 14.7. The Labute approximate surface area is 167 Å². The van der Waals surface area contributed by atoms with Crippen LogP contribution in [0.2, 0.25) is 0 Å². The number of urea groups is 1. The van der Waals surface area contributed by atoms with Gasteiger partial charge >= 0.3 is 6.03 Å². The number of hydrogen-bond acceptors (Lipinski definition) is 4. The van der Waals surface area contributed by atoms with Gasteiger partial charge in [0.25, 0.3) is 0 Å². The third kappa shape index (κ3) is 5.38. The van der Waals surface area contributed by atoms with Crippen molar-refractivity contribution in [1.82, 2.24) is 15.2 Å². The first-order valence-corrected chi connectivity index (χ1v) is 9.85. The lowest BCUT2D eigenvalue weighted by atomic mass is 9.87. The van der Waals surface area contributed by atoms with E-state index in [4.69, 9.17) is 4.74 Å². The molecule has 0 radical (unpaired) electrons. The van der Waals surface area contributed by atoms with Gasteiger partial charge in [-0.15, -0.1) is 0 Å². The molecule has 0 atom stereocenters. The van der Waals surface area contributed by atoms with Gasteiger partial charge in [0.2, 0.25) is 0 Å². The minimum absolute atomic E-state index is 0.0345. The zero-order valence-electron chi connectivity index (χ0n) is 17.0. The van der Waals surface area contributed by atoms with Crippen molar-refractivity contribution >= 4 is 11.8 Å². The van der Waals surface area contributed by atoms with E-state index in [-0.39, 0.29) is 11.4 Å². The molecule has 1 aromatic carbocycles. The van der Waals surface area contributed by atoms with Crippen molar-refractivity contribution in [2.24, 2.45) is 0 Å². The van der Waals surface area contributed by atoms with Crippen LogP contribution in [0.4, 0.5) is 10.6 Å². The van der Waals surface area contributed by atoms with Crippen molar-refractivity contribution in [3.05, 3.63) is 54.2 Å². The number of nitrogens with zero attached hydrogens (tertiary/aromatic N) is 3. The molecule has 1 N–H and O–H groups in total.